The maximum Gasteiger partial charge on any atom is 0.262 e. The van der Waals surface area contributed by atoms with Crippen molar-refractivity contribution in [2.45, 2.75) is 19.4 Å². The topological polar surface area (TPSA) is 57.9 Å². The van der Waals surface area contributed by atoms with Crippen molar-refractivity contribution < 1.29 is 4.74 Å². The van der Waals surface area contributed by atoms with E-state index in [0.29, 0.717) is 10.9 Å². The summed E-state index contributed by atoms with van der Waals surface area (Å²) in [6, 6.07) is 13.4. The van der Waals surface area contributed by atoms with E-state index in [-0.39, 0.29) is 0 Å². The van der Waals surface area contributed by atoms with E-state index in [1.165, 1.54) is 0 Å². The summed E-state index contributed by atoms with van der Waals surface area (Å²) in [7, 11) is 0. The summed E-state index contributed by atoms with van der Waals surface area (Å²) in [5.74, 6) is 0. The summed E-state index contributed by atoms with van der Waals surface area (Å²) in [6.45, 7) is 3.95. The largest absolute Gasteiger partial charge is 0.460 e. The van der Waals surface area contributed by atoms with E-state index >= 15 is 0 Å². The molecule has 0 saturated carbocycles. The number of hydrogen-bond acceptors (Lipinski definition) is 4. The molecule has 5 heteroatoms. The third-order valence-corrected chi connectivity index (χ3v) is 3.60. The maximum atomic E-state index is 8.96. The number of pyridine rings is 1. The van der Waals surface area contributed by atoms with Gasteiger partial charge in [-0.15, -0.1) is 0 Å². The minimum Gasteiger partial charge on any atom is -0.460 e. The van der Waals surface area contributed by atoms with Crippen molar-refractivity contribution in [2.24, 2.45) is 0 Å². The molecule has 0 saturated heterocycles. The quantitative estimate of drug-likeness (QED) is 0.815. The van der Waals surface area contributed by atoms with Gasteiger partial charge < -0.3 is 10.1 Å². The molecule has 0 aliphatic carbocycles. The summed E-state index contributed by atoms with van der Waals surface area (Å²) in [5, 5.41) is 12.4. The van der Waals surface area contributed by atoms with E-state index in [9.17, 15) is 0 Å². The Morgan fingerprint density at radius 2 is 2.10 bits per heavy atom. The van der Waals surface area contributed by atoms with Gasteiger partial charge in [-0.25, -0.2) is 4.98 Å². The van der Waals surface area contributed by atoms with Gasteiger partial charge >= 0.3 is 0 Å². The molecule has 21 heavy (non-hydrogen) atoms. The predicted molar refractivity (Wildman–Crippen MR) is 84.7 cm³/mol. The summed E-state index contributed by atoms with van der Waals surface area (Å²) < 4.78 is 5.68. The number of fused-ring (bicyclic) bond motifs is 1. The van der Waals surface area contributed by atoms with Gasteiger partial charge in [-0.05, 0) is 50.3 Å². The molecule has 1 aromatic heterocycles. The van der Waals surface area contributed by atoms with Gasteiger partial charge in [0.15, 0.2) is 0 Å². The average molecular weight is 295 g/mol. The van der Waals surface area contributed by atoms with Gasteiger partial charge in [0.2, 0.25) is 0 Å². The highest BCUT2D eigenvalue weighted by molar-refractivity contribution is 7.80. The average Bonchev–Trinajstić information content (AvgIpc) is 2.46. The molecule has 1 aliphatic heterocycles. The fourth-order valence-electron chi connectivity index (χ4n) is 2.39. The first-order chi connectivity index (χ1) is 9.99. The highest BCUT2D eigenvalue weighted by atomic mass is 32.1. The summed E-state index contributed by atoms with van der Waals surface area (Å²) >= 11 is 5.11. The standard InChI is InChI=1S/C16H13N3OS/c1-16(2)12-8-10(6-7-14(12)19-15(21)20-16)13-5-3-4-11(9-17)18-13/h3-8H,1-2H3,(H,19,21). The van der Waals surface area contributed by atoms with Crippen LogP contribution >= 0.6 is 12.2 Å². The molecule has 104 valence electrons. The lowest BCUT2D eigenvalue weighted by atomic mass is 9.92. The van der Waals surface area contributed by atoms with Gasteiger partial charge in [-0.3, -0.25) is 0 Å². The number of hydrogen-bond donors (Lipinski definition) is 1. The Hall–Kier alpha value is -2.45. The van der Waals surface area contributed by atoms with Crippen molar-refractivity contribution in [1.29, 1.82) is 5.26 Å². The Morgan fingerprint density at radius 3 is 2.86 bits per heavy atom. The number of thiocarbonyl (C=S) groups is 1. The van der Waals surface area contributed by atoms with Crippen LogP contribution in [-0.4, -0.2) is 10.2 Å². The number of anilines is 1. The van der Waals surface area contributed by atoms with Crippen LogP contribution in [0.4, 0.5) is 5.69 Å². The predicted octanol–water partition coefficient (Wildman–Crippen LogP) is 3.58. The molecule has 1 aliphatic rings. The third kappa shape index (κ3) is 2.46. The number of rotatable bonds is 1. The smallest absolute Gasteiger partial charge is 0.262 e. The van der Waals surface area contributed by atoms with Crippen LogP contribution in [0.3, 0.4) is 0 Å². The van der Waals surface area contributed by atoms with Crippen LogP contribution in [-0.2, 0) is 10.3 Å². The first-order valence-corrected chi connectivity index (χ1v) is 6.92. The molecular weight excluding hydrogens is 282 g/mol. The molecule has 0 fully saturated rings. The normalized spacial score (nSPS) is 15.4. The molecule has 0 bridgehead atoms. The van der Waals surface area contributed by atoms with Crippen LogP contribution < -0.4 is 5.32 Å². The zero-order valence-corrected chi connectivity index (χ0v) is 12.5. The molecule has 3 rings (SSSR count). The van der Waals surface area contributed by atoms with Crippen LogP contribution in [0.5, 0.6) is 0 Å². The Morgan fingerprint density at radius 1 is 1.29 bits per heavy atom. The third-order valence-electron chi connectivity index (χ3n) is 3.41. The summed E-state index contributed by atoms with van der Waals surface area (Å²) in [4.78, 5) is 4.32. The summed E-state index contributed by atoms with van der Waals surface area (Å²) in [5.41, 5.74) is 3.56. The van der Waals surface area contributed by atoms with Crippen molar-refractivity contribution in [3.8, 4) is 17.3 Å². The van der Waals surface area contributed by atoms with Gasteiger partial charge in [-0.1, -0.05) is 12.1 Å². The van der Waals surface area contributed by atoms with E-state index in [1.807, 2.05) is 44.2 Å². The number of nitrogens with one attached hydrogen (secondary N) is 1. The molecule has 2 heterocycles. The van der Waals surface area contributed by atoms with Gasteiger partial charge in [-0.2, -0.15) is 5.26 Å². The van der Waals surface area contributed by atoms with Crippen molar-refractivity contribution in [2.75, 3.05) is 5.32 Å². The van der Waals surface area contributed by atoms with E-state index in [4.69, 9.17) is 22.2 Å². The van der Waals surface area contributed by atoms with Crippen molar-refractivity contribution >= 4 is 23.1 Å². The number of nitrogens with zero attached hydrogens (tertiary/aromatic N) is 2. The SMILES string of the molecule is CC1(C)OC(=S)Nc2ccc(-c3cccc(C#N)n3)cc21. The number of nitriles is 1. The molecule has 2 aromatic rings. The fourth-order valence-corrected chi connectivity index (χ4v) is 2.71. The lowest BCUT2D eigenvalue weighted by Crippen LogP contribution is -2.34. The van der Waals surface area contributed by atoms with Crippen LogP contribution in [0.1, 0.15) is 25.1 Å². The first kappa shape index (κ1) is 13.5. The Labute approximate surface area is 128 Å². The highest BCUT2D eigenvalue weighted by Crippen LogP contribution is 2.37. The molecule has 4 nitrogen and oxygen atoms in total. The fraction of sp³-hybridized carbons (Fsp3) is 0.188. The zero-order chi connectivity index (χ0) is 15.0. The molecule has 0 amide bonds. The van der Waals surface area contributed by atoms with E-state index in [0.717, 1.165) is 22.5 Å². The van der Waals surface area contributed by atoms with Crippen molar-refractivity contribution in [3.05, 3.63) is 47.7 Å². The maximum absolute atomic E-state index is 8.96. The molecule has 1 aromatic carbocycles. The van der Waals surface area contributed by atoms with Crippen LogP contribution in [0, 0.1) is 11.3 Å². The van der Waals surface area contributed by atoms with E-state index in [2.05, 4.69) is 16.4 Å². The second-order valence-corrected chi connectivity index (χ2v) is 5.68. The first-order valence-electron chi connectivity index (χ1n) is 6.52. The molecule has 0 atom stereocenters. The Bertz CT molecular complexity index is 777. The number of benzene rings is 1. The number of aromatic nitrogens is 1. The Balaban J connectivity index is 2.11. The number of ether oxygens (including phenoxy) is 1. The zero-order valence-electron chi connectivity index (χ0n) is 11.7. The van der Waals surface area contributed by atoms with E-state index in [1.54, 1.807) is 6.07 Å². The van der Waals surface area contributed by atoms with Gasteiger partial charge in [0, 0.05) is 16.8 Å². The van der Waals surface area contributed by atoms with Crippen LogP contribution in [0.15, 0.2) is 36.4 Å². The summed E-state index contributed by atoms with van der Waals surface area (Å²) in [6.07, 6.45) is 0. The Kier molecular flexibility index (Phi) is 3.11. The minimum atomic E-state index is -0.499. The monoisotopic (exact) mass is 295 g/mol. The van der Waals surface area contributed by atoms with Crippen molar-refractivity contribution in [3.63, 3.8) is 0 Å². The van der Waals surface area contributed by atoms with Gasteiger partial charge in [0.05, 0.1) is 5.69 Å². The molecular formula is C16H13N3OS. The molecule has 1 N–H and O–H groups in total. The van der Waals surface area contributed by atoms with Gasteiger partial charge in [0.1, 0.15) is 17.4 Å². The van der Waals surface area contributed by atoms with Crippen LogP contribution in [0.2, 0.25) is 0 Å². The second kappa shape index (κ2) is 4.83. The second-order valence-electron chi connectivity index (χ2n) is 5.31. The minimum absolute atomic E-state index is 0.379. The van der Waals surface area contributed by atoms with Gasteiger partial charge in [0.25, 0.3) is 5.17 Å². The van der Waals surface area contributed by atoms with Crippen LogP contribution in [0.25, 0.3) is 11.3 Å². The molecule has 0 unspecified atom stereocenters. The highest BCUT2D eigenvalue weighted by Gasteiger charge is 2.31. The lowest BCUT2D eigenvalue weighted by molar-refractivity contribution is 0.0947. The van der Waals surface area contributed by atoms with Crippen molar-refractivity contribution in [1.82, 2.24) is 4.98 Å². The lowest BCUT2D eigenvalue weighted by Gasteiger charge is -2.34. The van der Waals surface area contributed by atoms with E-state index < -0.39 is 5.60 Å². The molecule has 0 spiro atoms. The molecule has 0 radical (unpaired) electrons.